The predicted molar refractivity (Wildman–Crippen MR) is 64.2 cm³/mol. The van der Waals surface area contributed by atoms with E-state index in [0.717, 1.165) is 18.8 Å². The highest BCUT2D eigenvalue weighted by atomic mass is 16.5. The van der Waals surface area contributed by atoms with E-state index in [1.54, 1.807) is 6.92 Å². The third kappa shape index (κ3) is 2.42. The first-order valence-corrected chi connectivity index (χ1v) is 6.03. The van der Waals surface area contributed by atoms with Crippen molar-refractivity contribution in [2.75, 3.05) is 26.3 Å². The lowest BCUT2D eigenvalue weighted by Gasteiger charge is -2.24. The summed E-state index contributed by atoms with van der Waals surface area (Å²) in [6.45, 7) is 7.22. The molecule has 6 nitrogen and oxygen atoms in total. The maximum atomic E-state index is 12.1. The van der Waals surface area contributed by atoms with Gasteiger partial charge in [0.2, 0.25) is 0 Å². The molecule has 1 saturated heterocycles. The van der Waals surface area contributed by atoms with Crippen molar-refractivity contribution in [1.82, 2.24) is 9.78 Å². The second kappa shape index (κ2) is 5.29. The smallest absolute Gasteiger partial charge is 0.289 e. The molecule has 1 fully saturated rings. The molecule has 0 spiro atoms. The molecule has 6 heteroatoms. The van der Waals surface area contributed by atoms with Crippen LogP contribution >= 0.6 is 0 Å². The lowest BCUT2D eigenvalue weighted by Crippen LogP contribution is -3.13. The van der Waals surface area contributed by atoms with E-state index in [2.05, 4.69) is 5.10 Å². The quantitative estimate of drug-likeness (QED) is 0.700. The first-order valence-electron chi connectivity index (χ1n) is 6.03. The number of hydrogen-bond donors (Lipinski definition) is 1. The first-order chi connectivity index (χ1) is 8.63. The van der Waals surface area contributed by atoms with Gasteiger partial charge in [0, 0.05) is 0 Å². The van der Waals surface area contributed by atoms with Gasteiger partial charge in [0.05, 0.1) is 18.9 Å². The van der Waals surface area contributed by atoms with Crippen molar-refractivity contribution in [3.05, 3.63) is 27.2 Å². The van der Waals surface area contributed by atoms with Crippen molar-refractivity contribution in [1.29, 1.82) is 5.26 Å². The fraction of sp³-hybridized carbons (Fsp3) is 0.583. The van der Waals surface area contributed by atoms with Crippen molar-refractivity contribution in [3.8, 4) is 6.07 Å². The molecule has 1 aromatic heterocycles. The minimum absolute atomic E-state index is 0.204. The number of morpholine rings is 1. The van der Waals surface area contributed by atoms with E-state index in [1.807, 2.05) is 13.0 Å². The summed E-state index contributed by atoms with van der Waals surface area (Å²) < 4.78 is 6.68. The fourth-order valence-corrected chi connectivity index (χ4v) is 2.04. The highest BCUT2D eigenvalue weighted by Gasteiger charge is 2.18. The van der Waals surface area contributed by atoms with Crippen LogP contribution in [0.25, 0.3) is 0 Å². The van der Waals surface area contributed by atoms with Crippen LogP contribution < -0.4 is 10.5 Å². The molecule has 0 aromatic carbocycles. The molecule has 0 bridgehead atoms. The van der Waals surface area contributed by atoms with Crippen molar-refractivity contribution >= 4 is 0 Å². The standard InChI is InChI=1S/C12H16N4O2/c1-9-10(2)14-16(12(17)11(9)7-13)8-15-3-5-18-6-4-15/h3-6,8H2,1-2H3/p+1. The predicted octanol–water partition coefficient (Wildman–Crippen LogP) is -1.40. The summed E-state index contributed by atoms with van der Waals surface area (Å²) >= 11 is 0. The molecule has 0 radical (unpaired) electrons. The number of aromatic nitrogens is 2. The van der Waals surface area contributed by atoms with Gasteiger partial charge in [-0.3, -0.25) is 4.79 Å². The van der Waals surface area contributed by atoms with Gasteiger partial charge in [0.1, 0.15) is 24.7 Å². The van der Waals surface area contributed by atoms with Crippen LogP contribution in [0.4, 0.5) is 0 Å². The van der Waals surface area contributed by atoms with Gasteiger partial charge < -0.3 is 9.64 Å². The van der Waals surface area contributed by atoms with Crippen LogP contribution in [0.1, 0.15) is 16.8 Å². The zero-order valence-corrected chi connectivity index (χ0v) is 10.7. The lowest BCUT2D eigenvalue weighted by atomic mass is 10.1. The Labute approximate surface area is 105 Å². The summed E-state index contributed by atoms with van der Waals surface area (Å²) in [5.41, 5.74) is 1.32. The maximum absolute atomic E-state index is 12.1. The van der Waals surface area contributed by atoms with Gasteiger partial charge >= 0.3 is 0 Å². The Morgan fingerprint density at radius 2 is 2.11 bits per heavy atom. The summed E-state index contributed by atoms with van der Waals surface area (Å²) in [4.78, 5) is 13.3. The number of nitrogens with one attached hydrogen (secondary N) is 1. The third-order valence-electron chi connectivity index (χ3n) is 3.32. The van der Waals surface area contributed by atoms with E-state index < -0.39 is 0 Å². The molecule has 1 aromatic rings. The van der Waals surface area contributed by atoms with Gasteiger partial charge in [0.25, 0.3) is 5.56 Å². The van der Waals surface area contributed by atoms with Gasteiger partial charge in [-0.1, -0.05) is 0 Å². The van der Waals surface area contributed by atoms with Crippen LogP contribution in [0.2, 0.25) is 0 Å². The van der Waals surface area contributed by atoms with Crippen LogP contribution in [-0.2, 0) is 11.4 Å². The molecule has 0 aliphatic carbocycles. The Balaban J connectivity index is 2.31. The van der Waals surface area contributed by atoms with Gasteiger partial charge in [-0.2, -0.15) is 15.0 Å². The monoisotopic (exact) mass is 249 g/mol. The number of hydrogen-bond acceptors (Lipinski definition) is 4. The van der Waals surface area contributed by atoms with E-state index in [4.69, 9.17) is 10.00 Å². The zero-order chi connectivity index (χ0) is 13.1. The summed E-state index contributed by atoms with van der Waals surface area (Å²) in [5.74, 6) is 0. The Bertz CT molecular complexity index is 538. The molecular weight excluding hydrogens is 232 g/mol. The molecule has 1 aliphatic heterocycles. The average molecular weight is 249 g/mol. The normalized spacial score (nSPS) is 16.5. The first kappa shape index (κ1) is 12.7. The van der Waals surface area contributed by atoms with Gasteiger partial charge in [0.15, 0.2) is 6.67 Å². The molecule has 96 valence electrons. The lowest BCUT2D eigenvalue weighted by molar-refractivity contribution is -0.931. The van der Waals surface area contributed by atoms with E-state index in [0.29, 0.717) is 25.4 Å². The molecule has 2 heterocycles. The van der Waals surface area contributed by atoms with Crippen LogP contribution in [-0.4, -0.2) is 36.1 Å². The van der Waals surface area contributed by atoms with Crippen molar-refractivity contribution < 1.29 is 9.64 Å². The Morgan fingerprint density at radius 3 is 2.72 bits per heavy atom. The topological polar surface area (TPSA) is 72.3 Å². The second-order valence-corrected chi connectivity index (χ2v) is 4.52. The summed E-state index contributed by atoms with van der Waals surface area (Å²) in [6.07, 6.45) is 0. The van der Waals surface area contributed by atoms with E-state index in [9.17, 15) is 4.79 Å². The highest BCUT2D eigenvalue weighted by Crippen LogP contribution is 2.03. The number of ether oxygens (including phenoxy) is 1. The minimum atomic E-state index is -0.292. The SMILES string of the molecule is Cc1nn(C[NH+]2CCOCC2)c(=O)c(C#N)c1C. The number of nitrogens with zero attached hydrogens (tertiary/aromatic N) is 3. The fourth-order valence-electron chi connectivity index (χ4n) is 2.04. The van der Waals surface area contributed by atoms with Crippen molar-refractivity contribution in [2.24, 2.45) is 0 Å². The minimum Gasteiger partial charge on any atom is -0.370 e. The zero-order valence-electron chi connectivity index (χ0n) is 10.7. The van der Waals surface area contributed by atoms with Crippen molar-refractivity contribution in [3.63, 3.8) is 0 Å². The molecule has 18 heavy (non-hydrogen) atoms. The largest absolute Gasteiger partial charge is 0.370 e. The summed E-state index contributed by atoms with van der Waals surface area (Å²) in [7, 11) is 0. The molecule has 0 amide bonds. The van der Waals surface area contributed by atoms with E-state index in [1.165, 1.54) is 9.58 Å². The Morgan fingerprint density at radius 1 is 1.44 bits per heavy atom. The van der Waals surface area contributed by atoms with Gasteiger partial charge in [-0.05, 0) is 19.4 Å². The molecule has 1 N–H and O–H groups in total. The summed E-state index contributed by atoms with van der Waals surface area (Å²) in [6, 6.07) is 1.97. The molecule has 0 atom stereocenters. The highest BCUT2D eigenvalue weighted by molar-refractivity contribution is 5.35. The van der Waals surface area contributed by atoms with Gasteiger partial charge in [-0.25, -0.2) is 0 Å². The van der Waals surface area contributed by atoms with Crippen LogP contribution in [0.3, 0.4) is 0 Å². The molecule has 1 aliphatic rings. The van der Waals surface area contributed by atoms with Crippen LogP contribution in [0, 0.1) is 25.2 Å². The maximum Gasteiger partial charge on any atom is 0.289 e. The average Bonchev–Trinajstić information content (AvgIpc) is 2.38. The summed E-state index contributed by atoms with van der Waals surface area (Å²) in [5, 5.41) is 13.3. The van der Waals surface area contributed by atoms with Crippen molar-refractivity contribution in [2.45, 2.75) is 20.5 Å². The van der Waals surface area contributed by atoms with Crippen LogP contribution in [0.5, 0.6) is 0 Å². The third-order valence-corrected chi connectivity index (χ3v) is 3.32. The molecule has 2 rings (SSSR count). The second-order valence-electron chi connectivity index (χ2n) is 4.52. The molecule has 0 saturated carbocycles. The number of rotatable bonds is 2. The number of aryl methyl sites for hydroxylation is 1. The Hall–Kier alpha value is -1.71. The number of nitriles is 1. The van der Waals surface area contributed by atoms with E-state index in [-0.39, 0.29) is 11.1 Å². The van der Waals surface area contributed by atoms with E-state index >= 15 is 0 Å². The molecular formula is C12H17N4O2+. The van der Waals surface area contributed by atoms with Gasteiger partial charge in [-0.15, -0.1) is 0 Å². The Kier molecular flexibility index (Phi) is 3.75. The molecule has 0 unspecified atom stereocenters. The van der Waals surface area contributed by atoms with Crippen LogP contribution in [0.15, 0.2) is 4.79 Å². The number of quaternary nitrogens is 1.